The van der Waals surface area contributed by atoms with E-state index in [1.54, 1.807) is 0 Å². The maximum atomic E-state index is 11.8. The van der Waals surface area contributed by atoms with Crippen molar-refractivity contribution in [1.29, 1.82) is 0 Å². The first kappa shape index (κ1) is 22.0. The molecule has 1 saturated heterocycles. The standard InChI is InChI=1S/C19H33NO4S/c1-3-4-5-6-7-8-12-23-18(21)16-17(2)19(22)24-13-9-20-10-14-25-15-11-20/h2-16H2,1H3. The Morgan fingerprint density at radius 1 is 1.00 bits per heavy atom. The molecular weight excluding hydrogens is 338 g/mol. The molecule has 6 heteroatoms. The van der Waals surface area contributed by atoms with Crippen LogP contribution in [0.4, 0.5) is 0 Å². The highest BCUT2D eigenvalue weighted by Gasteiger charge is 2.15. The minimum atomic E-state index is -0.497. The van der Waals surface area contributed by atoms with Crippen molar-refractivity contribution >= 4 is 23.7 Å². The van der Waals surface area contributed by atoms with Gasteiger partial charge in [-0.15, -0.1) is 0 Å². The van der Waals surface area contributed by atoms with Crippen LogP contribution in [0.3, 0.4) is 0 Å². The van der Waals surface area contributed by atoms with Gasteiger partial charge >= 0.3 is 11.9 Å². The molecule has 0 unspecified atom stereocenters. The average Bonchev–Trinajstić information content (AvgIpc) is 2.61. The number of nitrogens with zero attached hydrogens (tertiary/aromatic N) is 1. The Kier molecular flexibility index (Phi) is 12.5. The van der Waals surface area contributed by atoms with Crippen molar-refractivity contribution in [2.24, 2.45) is 0 Å². The van der Waals surface area contributed by atoms with Gasteiger partial charge < -0.3 is 9.47 Å². The van der Waals surface area contributed by atoms with E-state index in [4.69, 9.17) is 9.47 Å². The predicted octanol–water partition coefficient (Wildman–Crippen LogP) is 3.43. The molecule has 1 fully saturated rings. The molecule has 1 rings (SSSR count). The van der Waals surface area contributed by atoms with Crippen LogP contribution in [0.5, 0.6) is 0 Å². The van der Waals surface area contributed by atoms with Crippen LogP contribution >= 0.6 is 11.8 Å². The SMILES string of the molecule is C=C(CC(=O)OCCCCCCCC)C(=O)OCCN1CCSCC1. The Morgan fingerprint density at radius 2 is 1.68 bits per heavy atom. The molecular formula is C19H33NO4S. The smallest absolute Gasteiger partial charge is 0.334 e. The average molecular weight is 372 g/mol. The fraction of sp³-hybridized carbons (Fsp3) is 0.789. The van der Waals surface area contributed by atoms with Crippen molar-refractivity contribution in [3.63, 3.8) is 0 Å². The van der Waals surface area contributed by atoms with E-state index >= 15 is 0 Å². The first-order chi connectivity index (χ1) is 12.1. The van der Waals surface area contributed by atoms with Crippen molar-refractivity contribution in [1.82, 2.24) is 4.90 Å². The minimum absolute atomic E-state index is 0.0883. The molecule has 0 aliphatic carbocycles. The lowest BCUT2D eigenvalue weighted by Crippen LogP contribution is -2.35. The molecule has 25 heavy (non-hydrogen) atoms. The molecule has 0 aromatic carbocycles. The van der Waals surface area contributed by atoms with Gasteiger partial charge in [0.2, 0.25) is 0 Å². The first-order valence-corrected chi connectivity index (χ1v) is 10.6. The summed E-state index contributed by atoms with van der Waals surface area (Å²) in [4.78, 5) is 25.8. The first-order valence-electron chi connectivity index (χ1n) is 9.44. The summed E-state index contributed by atoms with van der Waals surface area (Å²) in [6.45, 7) is 9.40. The van der Waals surface area contributed by atoms with Crippen LogP contribution in [0.25, 0.3) is 0 Å². The molecule has 144 valence electrons. The van der Waals surface area contributed by atoms with E-state index in [1.165, 1.54) is 25.7 Å². The van der Waals surface area contributed by atoms with Gasteiger partial charge in [0.05, 0.1) is 13.0 Å². The molecule has 0 saturated carbocycles. The number of carbonyl (C=O) groups excluding carboxylic acids is 2. The normalized spacial score (nSPS) is 14.9. The zero-order valence-corrected chi connectivity index (χ0v) is 16.4. The van der Waals surface area contributed by atoms with Crippen LogP contribution in [-0.2, 0) is 19.1 Å². The fourth-order valence-corrected chi connectivity index (χ4v) is 3.54. The lowest BCUT2D eigenvalue weighted by Gasteiger charge is -2.25. The summed E-state index contributed by atoms with van der Waals surface area (Å²) in [7, 11) is 0. The van der Waals surface area contributed by atoms with Crippen LogP contribution in [0.1, 0.15) is 51.9 Å². The molecule has 1 aliphatic heterocycles. The highest BCUT2D eigenvalue weighted by atomic mass is 32.2. The maximum absolute atomic E-state index is 11.8. The van der Waals surface area contributed by atoms with Gasteiger partial charge in [0.1, 0.15) is 6.61 Å². The molecule has 1 heterocycles. The van der Waals surface area contributed by atoms with Gasteiger partial charge in [0.15, 0.2) is 0 Å². The quantitative estimate of drug-likeness (QED) is 0.281. The number of unbranched alkanes of at least 4 members (excludes halogenated alkanes) is 5. The molecule has 0 aromatic rings. The van der Waals surface area contributed by atoms with E-state index < -0.39 is 11.9 Å². The molecule has 1 aliphatic rings. The molecule has 0 N–H and O–H groups in total. The van der Waals surface area contributed by atoms with Crippen molar-refractivity contribution in [2.45, 2.75) is 51.9 Å². The third-order valence-electron chi connectivity index (χ3n) is 4.15. The third-order valence-corrected chi connectivity index (χ3v) is 5.09. The monoisotopic (exact) mass is 371 g/mol. The lowest BCUT2D eigenvalue weighted by molar-refractivity contribution is -0.146. The fourth-order valence-electron chi connectivity index (χ4n) is 2.56. The van der Waals surface area contributed by atoms with Gasteiger partial charge in [-0.3, -0.25) is 9.69 Å². The molecule has 0 bridgehead atoms. The molecule has 0 spiro atoms. The number of hydrogen-bond donors (Lipinski definition) is 0. The van der Waals surface area contributed by atoms with Crippen molar-refractivity contribution in [2.75, 3.05) is 44.4 Å². The van der Waals surface area contributed by atoms with Crippen LogP contribution in [-0.4, -0.2) is 61.2 Å². The van der Waals surface area contributed by atoms with Crippen molar-refractivity contribution in [3.8, 4) is 0 Å². The summed E-state index contributed by atoms with van der Waals surface area (Å²) < 4.78 is 10.3. The van der Waals surface area contributed by atoms with Crippen LogP contribution < -0.4 is 0 Å². The second-order valence-corrected chi connectivity index (χ2v) is 7.58. The largest absolute Gasteiger partial charge is 0.465 e. The van der Waals surface area contributed by atoms with Gasteiger partial charge in [0, 0.05) is 36.7 Å². The lowest BCUT2D eigenvalue weighted by atomic mass is 10.1. The van der Waals surface area contributed by atoms with Crippen LogP contribution in [0, 0.1) is 0 Å². The Balaban J connectivity index is 2.02. The van der Waals surface area contributed by atoms with E-state index in [0.29, 0.717) is 13.2 Å². The summed E-state index contributed by atoms with van der Waals surface area (Å²) in [6, 6.07) is 0. The van der Waals surface area contributed by atoms with E-state index in [2.05, 4.69) is 18.4 Å². The second kappa shape index (κ2) is 14.2. The second-order valence-electron chi connectivity index (χ2n) is 6.36. The Morgan fingerprint density at radius 3 is 2.40 bits per heavy atom. The summed E-state index contributed by atoms with van der Waals surface area (Å²) >= 11 is 1.95. The van der Waals surface area contributed by atoms with Crippen molar-refractivity contribution in [3.05, 3.63) is 12.2 Å². The van der Waals surface area contributed by atoms with Crippen LogP contribution in [0.2, 0.25) is 0 Å². The number of hydrogen-bond acceptors (Lipinski definition) is 6. The summed E-state index contributed by atoms with van der Waals surface area (Å²) in [5.74, 6) is 1.36. The third kappa shape index (κ3) is 11.3. The zero-order valence-electron chi connectivity index (χ0n) is 15.6. The molecule has 0 aromatic heterocycles. The highest BCUT2D eigenvalue weighted by Crippen LogP contribution is 2.09. The van der Waals surface area contributed by atoms with Gasteiger partial charge in [-0.1, -0.05) is 45.6 Å². The predicted molar refractivity (Wildman–Crippen MR) is 103 cm³/mol. The van der Waals surface area contributed by atoms with E-state index in [0.717, 1.165) is 44.0 Å². The zero-order chi connectivity index (χ0) is 18.3. The number of thioether (sulfide) groups is 1. The number of carbonyl (C=O) groups is 2. The molecule has 0 atom stereocenters. The van der Waals surface area contributed by atoms with Crippen LogP contribution in [0.15, 0.2) is 12.2 Å². The van der Waals surface area contributed by atoms with Gasteiger partial charge in [-0.25, -0.2) is 4.79 Å². The topological polar surface area (TPSA) is 55.8 Å². The molecule has 5 nitrogen and oxygen atoms in total. The Bertz CT molecular complexity index is 408. The van der Waals surface area contributed by atoms with Gasteiger partial charge in [-0.05, 0) is 6.42 Å². The van der Waals surface area contributed by atoms with Crippen molar-refractivity contribution < 1.29 is 19.1 Å². The summed E-state index contributed by atoms with van der Waals surface area (Å²) in [6.07, 6.45) is 6.77. The number of esters is 2. The highest BCUT2D eigenvalue weighted by molar-refractivity contribution is 7.99. The minimum Gasteiger partial charge on any atom is -0.465 e. The van der Waals surface area contributed by atoms with Gasteiger partial charge in [-0.2, -0.15) is 11.8 Å². The van der Waals surface area contributed by atoms with E-state index in [9.17, 15) is 9.59 Å². The Labute approximate surface area is 156 Å². The summed E-state index contributed by atoms with van der Waals surface area (Å²) in [5.41, 5.74) is 0.169. The molecule has 0 radical (unpaired) electrons. The number of rotatable bonds is 13. The molecule has 0 amide bonds. The number of ether oxygens (including phenoxy) is 2. The maximum Gasteiger partial charge on any atom is 0.334 e. The summed E-state index contributed by atoms with van der Waals surface area (Å²) in [5, 5.41) is 0. The van der Waals surface area contributed by atoms with Gasteiger partial charge in [0.25, 0.3) is 0 Å². The van der Waals surface area contributed by atoms with E-state index in [1.807, 2.05) is 11.8 Å². The Hall–Kier alpha value is -1.01. The van der Waals surface area contributed by atoms with E-state index in [-0.39, 0.29) is 12.0 Å².